The number of anilines is 2. The van der Waals surface area contributed by atoms with E-state index < -0.39 is 0 Å². The monoisotopic (exact) mass is 288 g/mol. The van der Waals surface area contributed by atoms with Crippen LogP contribution in [0.1, 0.15) is 18.5 Å². The number of hydrogen-bond acceptors (Lipinski definition) is 3. The van der Waals surface area contributed by atoms with E-state index in [9.17, 15) is 4.39 Å². The summed E-state index contributed by atoms with van der Waals surface area (Å²) in [7, 11) is 5.55. The van der Waals surface area contributed by atoms with Gasteiger partial charge in [-0.2, -0.15) is 0 Å². The summed E-state index contributed by atoms with van der Waals surface area (Å²) in [5.74, 6) is 0.602. The van der Waals surface area contributed by atoms with Gasteiger partial charge in [-0.1, -0.05) is 6.07 Å². The second kappa shape index (κ2) is 6.59. The predicted octanol–water partition coefficient (Wildman–Crippen LogP) is 3.88. The Bertz CT molecular complexity index is 598. The fourth-order valence-electron chi connectivity index (χ4n) is 2.39. The van der Waals surface area contributed by atoms with E-state index in [2.05, 4.69) is 12.2 Å². The van der Waals surface area contributed by atoms with Gasteiger partial charge in [-0.05, 0) is 50.4 Å². The average molecular weight is 288 g/mol. The Hall–Kier alpha value is -2.07. The third-order valence-electron chi connectivity index (χ3n) is 3.70. The Morgan fingerprint density at radius 1 is 1.14 bits per heavy atom. The highest BCUT2D eigenvalue weighted by molar-refractivity contribution is 5.69. The van der Waals surface area contributed by atoms with Gasteiger partial charge < -0.3 is 15.0 Å². The van der Waals surface area contributed by atoms with Crippen LogP contribution in [0.5, 0.6) is 5.75 Å². The summed E-state index contributed by atoms with van der Waals surface area (Å²) in [6.45, 7) is 2.08. The topological polar surface area (TPSA) is 24.5 Å². The molecule has 2 aromatic rings. The van der Waals surface area contributed by atoms with Crippen LogP contribution in [0.15, 0.2) is 42.5 Å². The zero-order valence-electron chi connectivity index (χ0n) is 12.9. The molecule has 0 saturated heterocycles. The van der Waals surface area contributed by atoms with Crippen LogP contribution in [0, 0.1) is 5.82 Å². The zero-order valence-corrected chi connectivity index (χ0v) is 12.9. The number of rotatable bonds is 5. The smallest absolute Gasteiger partial charge is 0.125 e. The molecule has 0 aliphatic carbocycles. The van der Waals surface area contributed by atoms with Gasteiger partial charge in [0, 0.05) is 30.0 Å². The van der Waals surface area contributed by atoms with E-state index in [4.69, 9.17) is 4.74 Å². The number of benzene rings is 2. The van der Waals surface area contributed by atoms with Gasteiger partial charge in [-0.3, -0.25) is 0 Å². The first kappa shape index (κ1) is 15.3. The highest BCUT2D eigenvalue weighted by Crippen LogP contribution is 2.36. The molecule has 2 rings (SSSR count). The van der Waals surface area contributed by atoms with Crippen molar-refractivity contribution in [3.8, 4) is 5.75 Å². The number of ether oxygens (including phenoxy) is 1. The van der Waals surface area contributed by atoms with Crippen LogP contribution in [-0.2, 0) is 0 Å². The van der Waals surface area contributed by atoms with E-state index in [0.29, 0.717) is 0 Å². The normalized spacial score (nSPS) is 12.0. The third kappa shape index (κ3) is 3.16. The van der Waals surface area contributed by atoms with Gasteiger partial charge in [0.2, 0.25) is 0 Å². The predicted molar refractivity (Wildman–Crippen MR) is 84.9 cm³/mol. The van der Waals surface area contributed by atoms with Gasteiger partial charge >= 0.3 is 0 Å². The molecule has 4 heteroatoms. The van der Waals surface area contributed by atoms with E-state index in [-0.39, 0.29) is 11.9 Å². The van der Waals surface area contributed by atoms with Crippen molar-refractivity contribution in [3.63, 3.8) is 0 Å². The molecule has 0 aliphatic rings. The molecule has 0 spiro atoms. The molecular formula is C17H21FN2O. The maximum atomic E-state index is 13.1. The van der Waals surface area contributed by atoms with Crippen LogP contribution in [0.25, 0.3) is 0 Å². The van der Waals surface area contributed by atoms with Crippen molar-refractivity contribution in [3.05, 3.63) is 53.8 Å². The van der Waals surface area contributed by atoms with Gasteiger partial charge in [0.15, 0.2) is 0 Å². The minimum Gasteiger partial charge on any atom is -0.496 e. The molecule has 3 nitrogen and oxygen atoms in total. The number of nitrogens with zero attached hydrogens (tertiary/aromatic N) is 1. The van der Waals surface area contributed by atoms with E-state index in [1.807, 2.05) is 37.2 Å². The standard InChI is InChI=1S/C17H21FN2O/c1-12(19-2)17-15(6-5-7-16(17)21-4)20(3)14-10-8-13(18)9-11-14/h5-12,19H,1-4H3. The molecule has 0 fully saturated rings. The van der Waals surface area contributed by atoms with Gasteiger partial charge in [-0.15, -0.1) is 0 Å². The molecule has 0 bridgehead atoms. The number of nitrogens with one attached hydrogen (secondary N) is 1. The summed E-state index contributed by atoms with van der Waals surface area (Å²) in [5.41, 5.74) is 3.03. The van der Waals surface area contributed by atoms with Crippen molar-refractivity contribution in [2.45, 2.75) is 13.0 Å². The second-order valence-electron chi connectivity index (χ2n) is 4.94. The van der Waals surface area contributed by atoms with Crippen LogP contribution < -0.4 is 15.0 Å². The van der Waals surface area contributed by atoms with Crippen molar-refractivity contribution in [1.82, 2.24) is 5.32 Å². The van der Waals surface area contributed by atoms with Crippen LogP contribution in [0.3, 0.4) is 0 Å². The molecule has 0 heterocycles. The van der Waals surface area contributed by atoms with Crippen molar-refractivity contribution < 1.29 is 9.13 Å². The van der Waals surface area contributed by atoms with Crippen LogP contribution in [0.4, 0.5) is 15.8 Å². The first-order chi connectivity index (χ1) is 10.1. The Morgan fingerprint density at radius 3 is 2.38 bits per heavy atom. The summed E-state index contributed by atoms with van der Waals surface area (Å²) >= 11 is 0. The lowest BCUT2D eigenvalue weighted by atomic mass is 10.0. The number of halogens is 1. The summed E-state index contributed by atoms with van der Waals surface area (Å²) in [5, 5.41) is 3.25. The van der Waals surface area contributed by atoms with Gasteiger partial charge in [0.1, 0.15) is 11.6 Å². The zero-order chi connectivity index (χ0) is 15.4. The van der Waals surface area contributed by atoms with E-state index in [1.165, 1.54) is 12.1 Å². The quantitative estimate of drug-likeness (QED) is 0.903. The fourth-order valence-corrected chi connectivity index (χ4v) is 2.39. The van der Waals surface area contributed by atoms with Crippen molar-refractivity contribution >= 4 is 11.4 Å². The third-order valence-corrected chi connectivity index (χ3v) is 3.70. The van der Waals surface area contributed by atoms with Gasteiger partial charge in [-0.25, -0.2) is 4.39 Å². The van der Waals surface area contributed by atoms with Gasteiger partial charge in [0.25, 0.3) is 0 Å². The van der Waals surface area contributed by atoms with Crippen molar-refractivity contribution in [2.75, 3.05) is 26.1 Å². The van der Waals surface area contributed by atoms with E-state index >= 15 is 0 Å². The summed E-state index contributed by atoms with van der Waals surface area (Å²) in [4.78, 5) is 2.03. The molecule has 1 unspecified atom stereocenters. The largest absolute Gasteiger partial charge is 0.496 e. The maximum Gasteiger partial charge on any atom is 0.125 e. The van der Waals surface area contributed by atoms with Gasteiger partial charge in [0.05, 0.1) is 7.11 Å². The Morgan fingerprint density at radius 2 is 1.81 bits per heavy atom. The molecule has 0 radical (unpaired) electrons. The Balaban J connectivity index is 2.49. The molecule has 112 valence electrons. The minimum absolute atomic E-state index is 0.138. The summed E-state index contributed by atoms with van der Waals surface area (Å²) in [6, 6.07) is 12.5. The lowest BCUT2D eigenvalue weighted by molar-refractivity contribution is 0.404. The van der Waals surface area contributed by atoms with Crippen LogP contribution in [0.2, 0.25) is 0 Å². The average Bonchev–Trinajstić information content (AvgIpc) is 2.53. The fraction of sp³-hybridized carbons (Fsp3) is 0.294. The first-order valence-corrected chi connectivity index (χ1v) is 6.92. The Labute approximate surface area is 125 Å². The lowest BCUT2D eigenvalue weighted by Gasteiger charge is -2.26. The first-order valence-electron chi connectivity index (χ1n) is 6.92. The molecular weight excluding hydrogens is 267 g/mol. The van der Waals surface area contributed by atoms with E-state index in [0.717, 1.165) is 22.7 Å². The van der Waals surface area contributed by atoms with Crippen molar-refractivity contribution in [2.24, 2.45) is 0 Å². The minimum atomic E-state index is -0.235. The van der Waals surface area contributed by atoms with E-state index in [1.54, 1.807) is 19.2 Å². The second-order valence-corrected chi connectivity index (χ2v) is 4.94. The molecule has 2 aromatic carbocycles. The lowest BCUT2D eigenvalue weighted by Crippen LogP contribution is -2.19. The molecule has 0 aromatic heterocycles. The Kier molecular flexibility index (Phi) is 4.81. The molecule has 0 aliphatic heterocycles. The molecule has 21 heavy (non-hydrogen) atoms. The molecule has 1 N–H and O–H groups in total. The summed E-state index contributed by atoms with van der Waals surface area (Å²) in [6.07, 6.45) is 0. The van der Waals surface area contributed by atoms with Crippen molar-refractivity contribution in [1.29, 1.82) is 0 Å². The molecule has 0 saturated carbocycles. The highest BCUT2D eigenvalue weighted by atomic mass is 19.1. The molecule has 0 amide bonds. The number of hydrogen-bond donors (Lipinski definition) is 1. The molecule has 1 atom stereocenters. The maximum absolute atomic E-state index is 13.1. The highest BCUT2D eigenvalue weighted by Gasteiger charge is 2.18. The van der Waals surface area contributed by atoms with Crippen LogP contribution >= 0.6 is 0 Å². The number of methoxy groups -OCH3 is 1. The summed E-state index contributed by atoms with van der Waals surface area (Å²) < 4.78 is 18.6. The SMILES string of the molecule is CNC(C)c1c(OC)cccc1N(C)c1ccc(F)cc1. The van der Waals surface area contributed by atoms with Crippen LogP contribution in [-0.4, -0.2) is 21.2 Å².